The molecule has 1 amide bonds. The average molecular weight is 499 g/mol. The Kier molecular flexibility index (Phi) is 6.06. The number of imidazole rings is 1. The van der Waals surface area contributed by atoms with Crippen LogP contribution in [0.25, 0.3) is 16.9 Å². The van der Waals surface area contributed by atoms with E-state index in [1.165, 1.54) is 16.8 Å². The molecule has 6 heteroatoms. The van der Waals surface area contributed by atoms with E-state index in [0.29, 0.717) is 6.42 Å². The first-order valence-corrected chi connectivity index (χ1v) is 13.2. The zero-order valence-electron chi connectivity index (χ0n) is 20.8. The number of aryl methyl sites for hydroxylation is 2. The van der Waals surface area contributed by atoms with Gasteiger partial charge in [0, 0.05) is 48.5 Å². The molecule has 4 heterocycles. The van der Waals surface area contributed by atoms with E-state index in [9.17, 15) is 4.79 Å². The van der Waals surface area contributed by atoms with Crippen molar-refractivity contribution in [1.82, 2.24) is 19.2 Å². The Bertz CT molecular complexity index is 1410. The van der Waals surface area contributed by atoms with Crippen LogP contribution in [0.2, 0.25) is 5.02 Å². The fourth-order valence-electron chi connectivity index (χ4n) is 6.07. The van der Waals surface area contributed by atoms with Crippen LogP contribution in [-0.2, 0) is 17.8 Å². The van der Waals surface area contributed by atoms with Crippen LogP contribution >= 0.6 is 11.6 Å². The average Bonchev–Trinajstić information content (AvgIpc) is 3.36. The lowest BCUT2D eigenvalue weighted by Gasteiger charge is -2.41. The van der Waals surface area contributed by atoms with Gasteiger partial charge in [-0.05, 0) is 62.1 Å². The van der Waals surface area contributed by atoms with Crippen LogP contribution in [0.3, 0.4) is 0 Å². The maximum absolute atomic E-state index is 13.4. The Morgan fingerprint density at radius 1 is 1.00 bits per heavy atom. The highest BCUT2D eigenvalue weighted by Gasteiger charge is 2.42. The predicted molar refractivity (Wildman–Crippen MR) is 144 cm³/mol. The highest BCUT2D eigenvalue weighted by molar-refractivity contribution is 6.30. The number of pyridine rings is 1. The molecule has 2 aliphatic heterocycles. The van der Waals surface area contributed by atoms with Gasteiger partial charge in [-0.1, -0.05) is 53.6 Å². The number of nitrogens with zero attached hydrogens (tertiary/aromatic N) is 4. The van der Waals surface area contributed by atoms with E-state index in [1.54, 1.807) is 0 Å². The van der Waals surface area contributed by atoms with Gasteiger partial charge in [-0.15, -0.1) is 0 Å². The van der Waals surface area contributed by atoms with Crippen molar-refractivity contribution in [1.29, 1.82) is 0 Å². The fraction of sp³-hybridized carbons (Fsp3) is 0.333. The van der Waals surface area contributed by atoms with Gasteiger partial charge in [-0.3, -0.25) is 9.69 Å². The molecule has 0 aliphatic carbocycles. The van der Waals surface area contributed by atoms with Gasteiger partial charge in [0.05, 0.1) is 17.8 Å². The third kappa shape index (κ3) is 4.31. The molecule has 2 fully saturated rings. The number of carbonyl (C=O) groups is 1. The summed E-state index contributed by atoms with van der Waals surface area (Å²) in [7, 11) is 0. The summed E-state index contributed by atoms with van der Waals surface area (Å²) in [6, 6.07) is 21.0. The number of piperazine rings is 1. The second-order valence-electron chi connectivity index (χ2n) is 10.3. The summed E-state index contributed by atoms with van der Waals surface area (Å²) >= 11 is 6.15. The molecule has 2 aromatic carbocycles. The molecule has 2 atom stereocenters. The largest absolute Gasteiger partial charge is 0.334 e. The monoisotopic (exact) mass is 498 g/mol. The van der Waals surface area contributed by atoms with Crippen molar-refractivity contribution < 1.29 is 4.79 Å². The predicted octanol–water partition coefficient (Wildman–Crippen LogP) is 5.69. The first-order valence-electron chi connectivity index (χ1n) is 12.8. The van der Waals surface area contributed by atoms with Crippen molar-refractivity contribution in [3.05, 3.63) is 94.3 Å². The Morgan fingerprint density at radius 3 is 2.47 bits per heavy atom. The lowest BCUT2D eigenvalue weighted by atomic mass is 10.0. The summed E-state index contributed by atoms with van der Waals surface area (Å²) in [5, 5.41) is 0.724. The molecule has 2 bridgehead atoms. The highest BCUT2D eigenvalue weighted by Crippen LogP contribution is 2.33. The Hall–Kier alpha value is -3.15. The molecule has 2 unspecified atom stereocenters. The number of amides is 1. The van der Waals surface area contributed by atoms with Crippen molar-refractivity contribution in [3.63, 3.8) is 0 Å². The van der Waals surface area contributed by atoms with Gasteiger partial charge < -0.3 is 9.30 Å². The van der Waals surface area contributed by atoms with Gasteiger partial charge in [0.25, 0.3) is 0 Å². The summed E-state index contributed by atoms with van der Waals surface area (Å²) in [6.07, 6.45) is 4.75. The number of fused-ring (bicyclic) bond motifs is 3. The lowest BCUT2D eigenvalue weighted by Crippen LogP contribution is -2.55. The van der Waals surface area contributed by atoms with Gasteiger partial charge in [0.15, 0.2) is 0 Å². The van der Waals surface area contributed by atoms with E-state index in [4.69, 9.17) is 16.6 Å². The molecular weight excluding hydrogens is 468 g/mol. The Balaban J connectivity index is 1.23. The number of aromatic nitrogens is 2. The quantitative estimate of drug-likeness (QED) is 0.355. The van der Waals surface area contributed by atoms with Crippen molar-refractivity contribution in [3.8, 4) is 11.3 Å². The molecular formula is C30H31ClN4O. The number of likely N-dealkylation sites (tertiary alicyclic amines) is 1. The number of hydrogen-bond acceptors (Lipinski definition) is 3. The molecule has 2 saturated heterocycles. The van der Waals surface area contributed by atoms with Gasteiger partial charge in [0.2, 0.25) is 5.91 Å². The SMILES string of the molecule is Cc1ccc(CC(=O)N2C3CCC2CN(Cc2c(-c4ccc(Cl)cc4)nc4ccccn24)C3)c(C)c1. The molecule has 0 radical (unpaired) electrons. The molecule has 6 rings (SSSR count). The first kappa shape index (κ1) is 23.3. The van der Waals surface area contributed by atoms with Crippen LogP contribution in [0.4, 0.5) is 0 Å². The minimum atomic E-state index is 0.269. The zero-order chi connectivity index (χ0) is 24.8. The molecule has 184 valence electrons. The fourth-order valence-corrected chi connectivity index (χ4v) is 6.20. The smallest absolute Gasteiger partial charge is 0.227 e. The summed E-state index contributed by atoms with van der Waals surface area (Å²) in [5.74, 6) is 0.269. The Labute approximate surface area is 217 Å². The van der Waals surface area contributed by atoms with Gasteiger partial charge in [-0.2, -0.15) is 0 Å². The highest BCUT2D eigenvalue weighted by atomic mass is 35.5. The third-order valence-corrected chi connectivity index (χ3v) is 8.06. The summed E-state index contributed by atoms with van der Waals surface area (Å²) in [4.78, 5) is 23.1. The van der Waals surface area contributed by atoms with Crippen LogP contribution in [0.5, 0.6) is 0 Å². The maximum Gasteiger partial charge on any atom is 0.227 e. The van der Waals surface area contributed by atoms with Crippen molar-refractivity contribution >= 4 is 23.2 Å². The minimum absolute atomic E-state index is 0.269. The molecule has 0 N–H and O–H groups in total. The number of hydrogen-bond donors (Lipinski definition) is 0. The normalized spacial score (nSPS) is 19.8. The minimum Gasteiger partial charge on any atom is -0.334 e. The van der Waals surface area contributed by atoms with E-state index in [-0.39, 0.29) is 18.0 Å². The topological polar surface area (TPSA) is 40.9 Å². The molecule has 5 nitrogen and oxygen atoms in total. The van der Waals surface area contributed by atoms with Crippen LogP contribution < -0.4 is 0 Å². The summed E-state index contributed by atoms with van der Waals surface area (Å²) in [5.41, 5.74) is 7.79. The Morgan fingerprint density at radius 2 is 1.75 bits per heavy atom. The summed E-state index contributed by atoms with van der Waals surface area (Å²) < 4.78 is 2.20. The number of carbonyl (C=O) groups excluding carboxylic acids is 1. The first-order chi connectivity index (χ1) is 17.5. The van der Waals surface area contributed by atoms with Crippen LogP contribution in [-0.4, -0.2) is 50.3 Å². The maximum atomic E-state index is 13.4. The third-order valence-electron chi connectivity index (χ3n) is 7.81. The van der Waals surface area contributed by atoms with Gasteiger partial charge in [0.1, 0.15) is 5.65 Å². The molecule has 2 aliphatic rings. The van der Waals surface area contributed by atoms with Gasteiger partial charge >= 0.3 is 0 Å². The number of halogens is 1. The van der Waals surface area contributed by atoms with Crippen molar-refractivity contribution in [2.24, 2.45) is 0 Å². The standard InChI is InChI=1S/C30H31ClN4O/c1-20-6-7-23(21(2)15-20)16-29(36)35-25-12-13-26(35)18-33(17-25)19-27-30(22-8-10-24(31)11-9-22)32-28-5-3-4-14-34(27)28/h3-11,14-15,25-26H,12-13,16-19H2,1-2H3. The van der Waals surface area contributed by atoms with E-state index in [1.807, 2.05) is 30.3 Å². The number of rotatable bonds is 5. The van der Waals surface area contributed by atoms with Gasteiger partial charge in [-0.25, -0.2) is 4.98 Å². The molecule has 0 spiro atoms. The molecule has 36 heavy (non-hydrogen) atoms. The van der Waals surface area contributed by atoms with Crippen LogP contribution in [0, 0.1) is 13.8 Å². The summed E-state index contributed by atoms with van der Waals surface area (Å²) in [6.45, 7) is 6.80. The van der Waals surface area contributed by atoms with Crippen molar-refractivity contribution in [2.45, 2.75) is 51.7 Å². The van der Waals surface area contributed by atoms with E-state index in [2.05, 4.69) is 64.6 Å². The second-order valence-corrected chi connectivity index (χ2v) is 10.8. The molecule has 4 aromatic rings. The van der Waals surface area contributed by atoms with Crippen molar-refractivity contribution in [2.75, 3.05) is 13.1 Å². The van der Waals surface area contributed by atoms with Crippen LogP contribution in [0.15, 0.2) is 66.9 Å². The zero-order valence-corrected chi connectivity index (χ0v) is 21.6. The second kappa shape index (κ2) is 9.38. The van der Waals surface area contributed by atoms with E-state index in [0.717, 1.165) is 60.0 Å². The molecule has 0 saturated carbocycles. The lowest BCUT2D eigenvalue weighted by molar-refractivity contribution is -0.136. The number of benzene rings is 2. The molecule has 2 aromatic heterocycles. The van der Waals surface area contributed by atoms with Crippen LogP contribution in [0.1, 0.15) is 35.2 Å². The van der Waals surface area contributed by atoms with E-state index < -0.39 is 0 Å². The van der Waals surface area contributed by atoms with E-state index >= 15 is 0 Å².